The highest BCUT2D eigenvalue weighted by molar-refractivity contribution is 5.90. The van der Waals surface area contributed by atoms with Crippen LogP contribution < -0.4 is 15.8 Å². The molecule has 0 saturated carbocycles. The maximum Gasteiger partial charge on any atom is 0.267 e. The third-order valence-corrected chi connectivity index (χ3v) is 4.67. The smallest absolute Gasteiger partial charge is 0.267 e. The number of ether oxygens (including phenoxy) is 1. The van der Waals surface area contributed by atoms with Crippen molar-refractivity contribution in [2.24, 2.45) is 11.7 Å². The Kier molecular flexibility index (Phi) is 6.98. The summed E-state index contributed by atoms with van der Waals surface area (Å²) in [5.74, 6) is 1.41. The fourth-order valence-electron chi connectivity index (χ4n) is 3.31. The number of carbonyl (C=O) groups excluding carboxylic acids is 1. The van der Waals surface area contributed by atoms with Crippen LogP contribution in [0.5, 0.6) is 5.75 Å². The molecule has 3 N–H and O–H groups in total. The number of nitrogens with one attached hydrogen (secondary N) is 1. The zero-order valence-electron chi connectivity index (χ0n) is 15.5. The zero-order chi connectivity index (χ0) is 18.9. The molecular weight excluding hydrogens is 342 g/mol. The van der Waals surface area contributed by atoms with Gasteiger partial charge in [0.05, 0.1) is 6.61 Å². The number of amides is 1. The number of likely N-dealkylation sites (tertiary alicyclic amines) is 1. The van der Waals surface area contributed by atoms with E-state index < -0.39 is 5.91 Å². The van der Waals surface area contributed by atoms with Gasteiger partial charge in [0.25, 0.3) is 5.91 Å². The minimum absolute atomic E-state index is 0.227. The molecule has 1 fully saturated rings. The molecule has 2 aromatic rings. The molecule has 0 radical (unpaired) electrons. The maximum atomic E-state index is 11.2. The van der Waals surface area contributed by atoms with E-state index in [0.717, 1.165) is 45.0 Å². The monoisotopic (exact) mass is 369 g/mol. The predicted molar refractivity (Wildman–Crippen MR) is 105 cm³/mol. The van der Waals surface area contributed by atoms with Crippen LogP contribution in [0, 0.1) is 5.92 Å². The summed E-state index contributed by atoms with van der Waals surface area (Å²) >= 11 is 0. The number of hydrogen-bond acceptors (Lipinski definition) is 6. The fraction of sp³-hybridized carbons (Fsp3) is 0.450. The van der Waals surface area contributed by atoms with E-state index in [9.17, 15) is 4.79 Å². The van der Waals surface area contributed by atoms with Gasteiger partial charge in [-0.15, -0.1) is 0 Å². The molecule has 0 spiro atoms. The number of hydrogen-bond donors (Lipinski definition) is 2. The number of nitrogens with two attached hydrogens (primary N) is 1. The Bertz CT molecular complexity index is 725. The summed E-state index contributed by atoms with van der Waals surface area (Å²) in [4.78, 5) is 21.8. The summed E-state index contributed by atoms with van der Waals surface area (Å²) in [5, 5.41) is 3.16. The Morgan fingerprint density at radius 1 is 1.30 bits per heavy atom. The van der Waals surface area contributed by atoms with Gasteiger partial charge in [0.1, 0.15) is 11.4 Å². The first-order chi connectivity index (χ1) is 13.2. The normalized spacial score (nSPS) is 17.4. The SMILES string of the molecule is NC(=O)c1ccnc(NCCCN2CCCC(COc3ccccc3)C2)n1. The Labute approximate surface area is 159 Å². The van der Waals surface area contributed by atoms with E-state index in [4.69, 9.17) is 10.5 Å². The first-order valence-corrected chi connectivity index (χ1v) is 9.47. The average Bonchev–Trinajstić information content (AvgIpc) is 2.71. The van der Waals surface area contributed by atoms with E-state index >= 15 is 0 Å². The lowest BCUT2D eigenvalue weighted by Gasteiger charge is -2.32. The molecule has 1 aliphatic rings. The summed E-state index contributed by atoms with van der Waals surface area (Å²) in [6, 6.07) is 11.5. The van der Waals surface area contributed by atoms with Crippen LogP contribution in [0.3, 0.4) is 0 Å². The van der Waals surface area contributed by atoms with Crippen molar-refractivity contribution in [2.45, 2.75) is 19.3 Å². The highest BCUT2D eigenvalue weighted by atomic mass is 16.5. The standard InChI is InChI=1S/C20H27N5O2/c21-19(26)18-9-11-23-20(24-18)22-10-5-13-25-12-4-6-16(14-25)15-27-17-7-2-1-3-8-17/h1-3,7-9,11,16H,4-6,10,12-15H2,(H2,21,26)(H,22,23,24). The van der Waals surface area contributed by atoms with Gasteiger partial charge in [-0.3, -0.25) is 4.79 Å². The summed E-state index contributed by atoms with van der Waals surface area (Å²) in [6.07, 6.45) is 4.95. The van der Waals surface area contributed by atoms with Gasteiger partial charge in [0.15, 0.2) is 0 Å². The predicted octanol–water partition coefficient (Wildman–Crippen LogP) is 2.17. The molecule has 0 aliphatic carbocycles. The van der Waals surface area contributed by atoms with E-state index in [1.54, 1.807) is 0 Å². The van der Waals surface area contributed by atoms with Crippen molar-refractivity contribution in [3.05, 3.63) is 48.3 Å². The summed E-state index contributed by atoms with van der Waals surface area (Å²) in [7, 11) is 0. The number of anilines is 1. The molecule has 1 atom stereocenters. The van der Waals surface area contributed by atoms with Crippen molar-refractivity contribution in [1.82, 2.24) is 14.9 Å². The number of nitrogens with zero attached hydrogens (tertiary/aromatic N) is 3. The molecule has 1 aromatic carbocycles. The Hall–Kier alpha value is -2.67. The van der Waals surface area contributed by atoms with Crippen LogP contribution in [0.15, 0.2) is 42.6 Å². The number of para-hydroxylation sites is 1. The molecule has 27 heavy (non-hydrogen) atoms. The van der Waals surface area contributed by atoms with Crippen molar-refractivity contribution in [2.75, 3.05) is 38.1 Å². The third kappa shape index (κ3) is 6.21. The molecule has 3 rings (SSSR count). The fourth-order valence-corrected chi connectivity index (χ4v) is 3.31. The quantitative estimate of drug-likeness (QED) is 0.658. The largest absolute Gasteiger partial charge is 0.493 e. The topological polar surface area (TPSA) is 93.4 Å². The van der Waals surface area contributed by atoms with Gasteiger partial charge in [-0.25, -0.2) is 9.97 Å². The Morgan fingerprint density at radius 3 is 2.96 bits per heavy atom. The van der Waals surface area contributed by atoms with Gasteiger partial charge in [0, 0.05) is 25.2 Å². The van der Waals surface area contributed by atoms with Crippen LogP contribution in [0.25, 0.3) is 0 Å². The van der Waals surface area contributed by atoms with E-state index in [2.05, 4.69) is 20.2 Å². The summed E-state index contributed by atoms with van der Waals surface area (Å²) in [6.45, 7) is 4.75. The number of piperidine rings is 1. The van der Waals surface area contributed by atoms with Gasteiger partial charge in [-0.05, 0) is 50.6 Å². The van der Waals surface area contributed by atoms with Crippen molar-refractivity contribution >= 4 is 11.9 Å². The van der Waals surface area contributed by atoms with Crippen molar-refractivity contribution in [3.63, 3.8) is 0 Å². The molecule has 1 aliphatic heterocycles. The maximum absolute atomic E-state index is 11.2. The lowest BCUT2D eigenvalue weighted by atomic mass is 9.99. The van der Waals surface area contributed by atoms with Crippen molar-refractivity contribution in [1.29, 1.82) is 0 Å². The van der Waals surface area contributed by atoms with Gasteiger partial charge < -0.3 is 20.7 Å². The molecule has 144 valence electrons. The molecule has 0 bridgehead atoms. The van der Waals surface area contributed by atoms with E-state index in [-0.39, 0.29) is 5.69 Å². The highest BCUT2D eigenvalue weighted by Gasteiger charge is 2.20. The van der Waals surface area contributed by atoms with Crippen LogP contribution in [-0.4, -0.2) is 53.6 Å². The zero-order valence-corrected chi connectivity index (χ0v) is 15.5. The van der Waals surface area contributed by atoms with Crippen molar-refractivity contribution < 1.29 is 9.53 Å². The number of benzene rings is 1. The number of aromatic nitrogens is 2. The van der Waals surface area contributed by atoms with Crippen LogP contribution >= 0.6 is 0 Å². The first kappa shape index (κ1) is 19.1. The van der Waals surface area contributed by atoms with Gasteiger partial charge in [-0.2, -0.15) is 0 Å². The van der Waals surface area contributed by atoms with Crippen LogP contribution in [0.1, 0.15) is 29.8 Å². The Morgan fingerprint density at radius 2 is 2.15 bits per heavy atom. The molecule has 7 nitrogen and oxygen atoms in total. The molecule has 1 unspecified atom stereocenters. The number of primary amides is 1. The number of rotatable bonds is 9. The van der Waals surface area contributed by atoms with Crippen LogP contribution in [-0.2, 0) is 0 Å². The van der Waals surface area contributed by atoms with Crippen LogP contribution in [0.2, 0.25) is 0 Å². The average molecular weight is 369 g/mol. The van der Waals surface area contributed by atoms with Gasteiger partial charge in [-0.1, -0.05) is 18.2 Å². The summed E-state index contributed by atoms with van der Waals surface area (Å²) < 4.78 is 5.91. The molecular formula is C20H27N5O2. The second-order valence-electron chi connectivity index (χ2n) is 6.84. The highest BCUT2D eigenvalue weighted by Crippen LogP contribution is 2.18. The van der Waals surface area contributed by atoms with E-state index in [1.807, 2.05) is 30.3 Å². The second kappa shape index (κ2) is 9.87. The molecule has 1 saturated heterocycles. The lowest BCUT2D eigenvalue weighted by molar-refractivity contribution is 0.0995. The lowest BCUT2D eigenvalue weighted by Crippen LogP contribution is -2.38. The van der Waals surface area contributed by atoms with Gasteiger partial charge >= 0.3 is 0 Å². The van der Waals surface area contributed by atoms with E-state index in [1.165, 1.54) is 25.1 Å². The van der Waals surface area contributed by atoms with Gasteiger partial charge in [0.2, 0.25) is 5.95 Å². The molecule has 1 aromatic heterocycles. The third-order valence-electron chi connectivity index (χ3n) is 4.67. The van der Waals surface area contributed by atoms with Crippen molar-refractivity contribution in [3.8, 4) is 5.75 Å². The van der Waals surface area contributed by atoms with Crippen LogP contribution in [0.4, 0.5) is 5.95 Å². The minimum atomic E-state index is -0.544. The molecule has 7 heteroatoms. The Balaban J connectivity index is 1.36. The first-order valence-electron chi connectivity index (χ1n) is 9.47. The number of carbonyl (C=O) groups is 1. The summed E-state index contributed by atoms with van der Waals surface area (Å²) in [5.41, 5.74) is 5.46. The van der Waals surface area contributed by atoms with E-state index in [0.29, 0.717) is 11.9 Å². The molecule has 1 amide bonds. The molecule has 2 heterocycles. The minimum Gasteiger partial charge on any atom is -0.493 e. The second-order valence-corrected chi connectivity index (χ2v) is 6.84.